The number of carbonyl (C=O) groups is 2. The molecule has 1 aliphatic carbocycles. The average molecular weight is 267 g/mol. The predicted molar refractivity (Wildman–Crippen MR) is 73.7 cm³/mol. The number of urea groups is 1. The van der Waals surface area contributed by atoms with Crippen molar-refractivity contribution in [2.75, 3.05) is 26.2 Å². The standard InChI is InChI=1S/C14H25N3O2/c1-2-11-3-5-12(6-4-11)9-16-14(19)17-8-7-15-13(18)10-17/h11-12H,2-10H2,1H3,(H,15,18)(H,16,19). The molecule has 0 unspecified atom stereocenters. The van der Waals surface area contributed by atoms with Crippen molar-refractivity contribution in [1.82, 2.24) is 15.5 Å². The first-order valence-corrected chi connectivity index (χ1v) is 7.48. The lowest BCUT2D eigenvalue weighted by molar-refractivity contribution is -0.123. The molecule has 1 saturated heterocycles. The Labute approximate surface area is 115 Å². The number of nitrogens with one attached hydrogen (secondary N) is 2. The molecule has 0 bridgehead atoms. The Morgan fingerprint density at radius 2 is 2.00 bits per heavy atom. The summed E-state index contributed by atoms with van der Waals surface area (Å²) in [6.07, 6.45) is 6.31. The first kappa shape index (κ1) is 14.2. The van der Waals surface area contributed by atoms with E-state index in [1.165, 1.54) is 32.1 Å². The largest absolute Gasteiger partial charge is 0.353 e. The first-order valence-electron chi connectivity index (χ1n) is 7.48. The van der Waals surface area contributed by atoms with Crippen LogP contribution in [-0.2, 0) is 4.79 Å². The molecule has 108 valence electrons. The molecule has 0 spiro atoms. The maximum atomic E-state index is 11.9. The number of hydrogen-bond donors (Lipinski definition) is 2. The molecule has 5 nitrogen and oxygen atoms in total. The van der Waals surface area contributed by atoms with Crippen LogP contribution in [0.3, 0.4) is 0 Å². The molecule has 1 saturated carbocycles. The maximum absolute atomic E-state index is 11.9. The normalized spacial score (nSPS) is 27.8. The third-order valence-electron chi connectivity index (χ3n) is 4.41. The van der Waals surface area contributed by atoms with Gasteiger partial charge in [-0.3, -0.25) is 4.79 Å². The van der Waals surface area contributed by atoms with E-state index in [1.807, 2.05) is 0 Å². The van der Waals surface area contributed by atoms with E-state index in [9.17, 15) is 9.59 Å². The van der Waals surface area contributed by atoms with Gasteiger partial charge < -0.3 is 15.5 Å². The van der Waals surface area contributed by atoms with Gasteiger partial charge in [0, 0.05) is 19.6 Å². The molecule has 0 aromatic carbocycles. The average Bonchev–Trinajstić information content (AvgIpc) is 2.45. The van der Waals surface area contributed by atoms with Crippen molar-refractivity contribution in [1.29, 1.82) is 0 Å². The Bertz CT molecular complexity index is 325. The van der Waals surface area contributed by atoms with Crippen molar-refractivity contribution in [2.45, 2.75) is 39.0 Å². The van der Waals surface area contributed by atoms with Crippen LogP contribution in [0, 0.1) is 11.8 Å². The number of piperazine rings is 1. The molecule has 1 aliphatic heterocycles. The van der Waals surface area contributed by atoms with Crippen LogP contribution in [0.1, 0.15) is 39.0 Å². The van der Waals surface area contributed by atoms with Gasteiger partial charge >= 0.3 is 6.03 Å². The Morgan fingerprint density at radius 1 is 1.32 bits per heavy atom. The van der Waals surface area contributed by atoms with Gasteiger partial charge in [0.2, 0.25) is 5.91 Å². The summed E-state index contributed by atoms with van der Waals surface area (Å²) in [4.78, 5) is 24.8. The Morgan fingerprint density at radius 3 is 2.63 bits per heavy atom. The van der Waals surface area contributed by atoms with E-state index >= 15 is 0 Å². The molecule has 2 aliphatic rings. The van der Waals surface area contributed by atoms with E-state index in [4.69, 9.17) is 0 Å². The number of carbonyl (C=O) groups excluding carboxylic acids is 2. The van der Waals surface area contributed by atoms with Crippen LogP contribution in [0.2, 0.25) is 0 Å². The monoisotopic (exact) mass is 267 g/mol. The maximum Gasteiger partial charge on any atom is 0.317 e. The fourth-order valence-corrected chi connectivity index (χ4v) is 3.00. The van der Waals surface area contributed by atoms with Gasteiger partial charge in [-0.15, -0.1) is 0 Å². The molecule has 2 fully saturated rings. The summed E-state index contributed by atoms with van der Waals surface area (Å²) in [7, 11) is 0. The minimum absolute atomic E-state index is 0.0650. The van der Waals surface area contributed by atoms with Crippen molar-refractivity contribution in [3.63, 3.8) is 0 Å². The molecule has 0 atom stereocenters. The molecule has 1 heterocycles. The third-order valence-corrected chi connectivity index (χ3v) is 4.41. The molecular formula is C14H25N3O2. The predicted octanol–water partition coefficient (Wildman–Crippen LogP) is 1.34. The number of amides is 3. The van der Waals surface area contributed by atoms with Crippen LogP contribution >= 0.6 is 0 Å². The molecule has 0 radical (unpaired) electrons. The van der Waals surface area contributed by atoms with E-state index in [0.717, 1.165) is 12.5 Å². The summed E-state index contributed by atoms with van der Waals surface area (Å²) in [6, 6.07) is -0.0903. The highest BCUT2D eigenvalue weighted by molar-refractivity contribution is 5.85. The number of nitrogens with zero attached hydrogens (tertiary/aromatic N) is 1. The summed E-state index contributed by atoms with van der Waals surface area (Å²) >= 11 is 0. The van der Waals surface area contributed by atoms with Gasteiger partial charge in [0.25, 0.3) is 0 Å². The Kier molecular flexibility index (Phi) is 5.05. The van der Waals surface area contributed by atoms with Crippen molar-refractivity contribution in [3.05, 3.63) is 0 Å². The van der Waals surface area contributed by atoms with Crippen LogP contribution < -0.4 is 10.6 Å². The van der Waals surface area contributed by atoms with E-state index < -0.39 is 0 Å². The minimum atomic E-state index is -0.0903. The molecule has 2 N–H and O–H groups in total. The summed E-state index contributed by atoms with van der Waals surface area (Å²) in [5.41, 5.74) is 0. The van der Waals surface area contributed by atoms with Crippen LogP contribution in [0.5, 0.6) is 0 Å². The molecule has 5 heteroatoms. The van der Waals surface area contributed by atoms with Gasteiger partial charge in [-0.05, 0) is 24.7 Å². The number of rotatable bonds is 3. The Balaban J connectivity index is 1.67. The second-order valence-corrected chi connectivity index (χ2v) is 5.75. The van der Waals surface area contributed by atoms with Crippen molar-refractivity contribution < 1.29 is 9.59 Å². The van der Waals surface area contributed by atoms with Gasteiger partial charge in [-0.25, -0.2) is 4.79 Å². The van der Waals surface area contributed by atoms with Crippen LogP contribution in [-0.4, -0.2) is 43.0 Å². The van der Waals surface area contributed by atoms with Gasteiger partial charge in [-0.1, -0.05) is 26.2 Å². The second kappa shape index (κ2) is 6.78. The summed E-state index contributed by atoms with van der Waals surface area (Å²) < 4.78 is 0. The quantitative estimate of drug-likeness (QED) is 0.810. The lowest BCUT2D eigenvalue weighted by atomic mass is 9.81. The van der Waals surface area contributed by atoms with E-state index in [2.05, 4.69) is 17.6 Å². The van der Waals surface area contributed by atoms with Crippen LogP contribution in [0.4, 0.5) is 4.79 Å². The molecular weight excluding hydrogens is 242 g/mol. The summed E-state index contributed by atoms with van der Waals surface area (Å²) in [6.45, 7) is 4.38. The zero-order chi connectivity index (χ0) is 13.7. The van der Waals surface area contributed by atoms with Gasteiger partial charge in [-0.2, -0.15) is 0 Å². The highest BCUT2D eigenvalue weighted by atomic mass is 16.2. The minimum Gasteiger partial charge on any atom is -0.353 e. The highest BCUT2D eigenvalue weighted by Gasteiger charge is 2.23. The fraction of sp³-hybridized carbons (Fsp3) is 0.857. The topological polar surface area (TPSA) is 61.4 Å². The van der Waals surface area contributed by atoms with E-state index in [0.29, 0.717) is 19.0 Å². The summed E-state index contributed by atoms with van der Waals surface area (Å²) in [5, 5.41) is 5.71. The van der Waals surface area contributed by atoms with Crippen molar-refractivity contribution in [2.24, 2.45) is 11.8 Å². The van der Waals surface area contributed by atoms with E-state index in [1.54, 1.807) is 4.90 Å². The molecule has 2 rings (SSSR count). The zero-order valence-corrected chi connectivity index (χ0v) is 11.8. The molecule has 0 aromatic heterocycles. The molecule has 3 amide bonds. The molecule has 19 heavy (non-hydrogen) atoms. The van der Waals surface area contributed by atoms with Gasteiger partial charge in [0.05, 0.1) is 0 Å². The van der Waals surface area contributed by atoms with Crippen molar-refractivity contribution >= 4 is 11.9 Å². The van der Waals surface area contributed by atoms with E-state index in [-0.39, 0.29) is 18.5 Å². The van der Waals surface area contributed by atoms with Crippen LogP contribution in [0.25, 0.3) is 0 Å². The lowest BCUT2D eigenvalue weighted by Crippen LogP contribution is -2.53. The second-order valence-electron chi connectivity index (χ2n) is 5.75. The fourth-order valence-electron chi connectivity index (χ4n) is 3.00. The van der Waals surface area contributed by atoms with Gasteiger partial charge in [0.1, 0.15) is 6.54 Å². The molecule has 0 aromatic rings. The lowest BCUT2D eigenvalue weighted by Gasteiger charge is -2.30. The van der Waals surface area contributed by atoms with Crippen LogP contribution in [0.15, 0.2) is 0 Å². The summed E-state index contributed by atoms with van der Waals surface area (Å²) in [5.74, 6) is 1.44. The number of hydrogen-bond acceptors (Lipinski definition) is 2. The van der Waals surface area contributed by atoms with Crippen molar-refractivity contribution in [3.8, 4) is 0 Å². The van der Waals surface area contributed by atoms with Gasteiger partial charge in [0.15, 0.2) is 0 Å². The first-order chi connectivity index (χ1) is 9.19. The smallest absolute Gasteiger partial charge is 0.317 e. The third kappa shape index (κ3) is 4.11. The zero-order valence-electron chi connectivity index (χ0n) is 11.8. The SMILES string of the molecule is CCC1CCC(CNC(=O)N2CCNC(=O)C2)CC1. The highest BCUT2D eigenvalue weighted by Crippen LogP contribution is 2.30. The Hall–Kier alpha value is -1.26.